The Labute approximate surface area is 128 Å². The van der Waals surface area contributed by atoms with E-state index in [1.165, 1.54) is 12.1 Å². The van der Waals surface area contributed by atoms with E-state index < -0.39 is 4.92 Å². The number of nitro groups is 1. The number of hydrogen-bond donors (Lipinski definition) is 0. The standard InChI is InChI=1S/C12H11BrClN3O3/c1-7-11(12(14)16(2)15-7)6-20-10-4-8(13)3-9(5-10)17(18)19/h3-5H,6H2,1-2H3. The quantitative estimate of drug-likeness (QED) is 0.616. The van der Waals surface area contributed by atoms with E-state index in [0.717, 1.165) is 11.3 Å². The first-order valence-electron chi connectivity index (χ1n) is 5.64. The van der Waals surface area contributed by atoms with Crippen LogP contribution in [0.25, 0.3) is 0 Å². The third-order valence-electron chi connectivity index (χ3n) is 2.72. The molecule has 0 aliphatic carbocycles. The van der Waals surface area contributed by atoms with Crippen LogP contribution in [-0.2, 0) is 13.7 Å². The lowest BCUT2D eigenvalue weighted by molar-refractivity contribution is -0.385. The molecule has 8 heteroatoms. The molecule has 0 unspecified atom stereocenters. The SMILES string of the molecule is Cc1nn(C)c(Cl)c1COc1cc(Br)cc([N+](=O)[O-])c1. The molecular weight excluding hydrogens is 350 g/mol. The van der Waals surface area contributed by atoms with Crippen LogP contribution >= 0.6 is 27.5 Å². The van der Waals surface area contributed by atoms with E-state index >= 15 is 0 Å². The highest BCUT2D eigenvalue weighted by Crippen LogP contribution is 2.28. The summed E-state index contributed by atoms with van der Waals surface area (Å²) in [5, 5.41) is 15.5. The number of non-ortho nitro benzene ring substituents is 1. The fourth-order valence-corrected chi connectivity index (χ4v) is 2.42. The van der Waals surface area contributed by atoms with Crippen molar-refractivity contribution in [3.05, 3.63) is 49.2 Å². The van der Waals surface area contributed by atoms with Gasteiger partial charge < -0.3 is 4.74 Å². The van der Waals surface area contributed by atoms with Gasteiger partial charge in [0.05, 0.1) is 16.7 Å². The molecule has 2 rings (SSSR count). The van der Waals surface area contributed by atoms with Gasteiger partial charge in [-0.1, -0.05) is 27.5 Å². The first-order chi connectivity index (χ1) is 9.38. The molecule has 106 valence electrons. The molecule has 0 N–H and O–H groups in total. The molecule has 0 fully saturated rings. The van der Waals surface area contributed by atoms with Crippen molar-refractivity contribution in [3.8, 4) is 5.75 Å². The van der Waals surface area contributed by atoms with Crippen LogP contribution in [0.1, 0.15) is 11.3 Å². The highest BCUT2D eigenvalue weighted by Gasteiger charge is 2.14. The smallest absolute Gasteiger partial charge is 0.274 e. The molecule has 0 saturated heterocycles. The number of rotatable bonds is 4. The summed E-state index contributed by atoms with van der Waals surface area (Å²) in [6, 6.07) is 4.44. The van der Waals surface area contributed by atoms with Crippen molar-refractivity contribution in [2.24, 2.45) is 7.05 Å². The van der Waals surface area contributed by atoms with Crippen molar-refractivity contribution in [2.75, 3.05) is 0 Å². The maximum atomic E-state index is 10.8. The summed E-state index contributed by atoms with van der Waals surface area (Å²) >= 11 is 9.31. The van der Waals surface area contributed by atoms with Crippen molar-refractivity contribution < 1.29 is 9.66 Å². The number of aromatic nitrogens is 2. The van der Waals surface area contributed by atoms with Crippen LogP contribution < -0.4 is 4.74 Å². The average molecular weight is 361 g/mol. The van der Waals surface area contributed by atoms with Crippen molar-refractivity contribution in [2.45, 2.75) is 13.5 Å². The molecule has 0 atom stereocenters. The van der Waals surface area contributed by atoms with E-state index in [4.69, 9.17) is 16.3 Å². The normalized spacial score (nSPS) is 10.6. The largest absolute Gasteiger partial charge is 0.488 e. The Kier molecular flexibility index (Phi) is 4.29. The molecule has 2 aromatic rings. The predicted octanol–water partition coefficient (Wildman–Crippen LogP) is 3.63. The second-order valence-electron chi connectivity index (χ2n) is 4.17. The van der Waals surface area contributed by atoms with Gasteiger partial charge in [0.25, 0.3) is 5.69 Å². The van der Waals surface area contributed by atoms with Gasteiger partial charge in [0.15, 0.2) is 0 Å². The lowest BCUT2D eigenvalue weighted by Gasteiger charge is -2.06. The molecule has 0 aliphatic heterocycles. The summed E-state index contributed by atoms with van der Waals surface area (Å²) in [5.74, 6) is 0.394. The van der Waals surface area contributed by atoms with Crippen LogP contribution in [0.4, 0.5) is 5.69 Å². The second kappa shape index (κ2) is 5.80. The zero-order chi connectivity index (χ0) is 14.9. The number of ether oxygens (including phenoxy) is 1. The lowest BCUT2D eigenvalue weighted by Crippen LogP contribution is -1.98. The Morgan fingerprint density at radius 3 is 2.75 bits per heavy atom. The van der Waals surface area contributed by atoms with Gasteiger partial charge in [-0.25, -0.2) is 0 Å². The minimum Gasteiger partial charge on any atom is -0.488 e. The minimum absolute atomic E-state index is 0.0385. The van der Waals surface area contributed by atoms with Crippen molar-refractivity contribution in [1.29, 1.82) is 0 Å². The zero-order valence-corrected chi connectivity index (χ0v) is 13.1. The van der Waals surface area contributed by atoms with E-state index in [2.05, 4.69) is 21.0 Å². The lowest BCUT2D eigenvalue weighted by atomic mass is 10.3. The molecule has 1 heterocycles. The summed E-state index contributed by atoms with van der Waals surface area (Å²) in [6.07, 6.45) is 0. The molecule has 20 heavy (non-hydrogen) atoms. The highest BCUT2D eigenvalue weighted by molar-refractivity contribution is 9.10. The molecule has 6 nitrogen and oxygen atoms in total. The van der Waals surface area contributed by atoms with Gasteiger partial charge in [0, 0.05) is 23.2 Å². The number of halogens is 2. The van der Waals surface area contributed by atoms with Gasteiger partial charge in [-0.2, -0.15) is 5.10 Å². The van der Waals surface area contributed by atoms with E-state index in [1.807, 2.05) is 6.92 Å². The van der Waals surface area contributed by atoms with Crippen LogP contribution in [0.15, 0.2) is 22.7 Å². The molecular formula is C12H11BrClN3O3. The summed E-state index contributed by atoms with van der Waals surface area (Å²) in [5.41, 5.74) is 1.49. The van der Waals surface area contributed by atoms with Crippen molar-refractivity contribution in [3.63, 3.8) is 0 Å². The van der Waals surface area contributed by atoms with E-state index in [1.54, 1.807) is 17.8 Å². The van der Waals surface area contributed by atoms with Gasteiger partial charge in [0.1, 0.15) is 17.5 Å². The van der Waals surface area contributed by atoms with Crippen molar-refractivity contribution in [1.82, 2.24) is 9.78 Å². The van der Waals surface area contributed by atoms with Crippen LogP contribution in [0.2, 0.25) is 5.15 Å². The number of benzene rings is 1. The fraction of sp³-hybridized carbons (Fsp3) is 0.250. The molecule has 0 saturated carbocycles. The molecule has 0 aliphatic rings. The molecule has 0 amide bonds. The molecule has 0 spiro atoms. The van der Waals surface area contributed by atoms with Crippen molar-refractivity contribution >= 4 is 33.2 Å². The van der Waals surface area contributed by atoms with Gasteiger partial charge in [0.2, 0.25) is 0 Å². The predicted molar refractivity (Wildman–Crippen MR) is 78.1 cm³/mol. The number of aryl methyl sites for hydroxylation is 2. The topological polar surface area (TPSA) is 70.2 Å². The van der Waals surface area contributed by atoms with Gasteiger partial charge >= 0.3 is 0 Å². The Balaban J connectivity index is 2.21. The first kappa shape index (κ1) is 14.8. The van der Waals surface area contributed by atoms with Gasteiger partial charge in [-0.05, 0) is 13.0 Å². The summed E-state index contributed by atoms with van der Waals surface area (Å²) in [4.78, 5) is 10.3. The maximum Gasteiger partial charge on any atom is 0.274 e. The third-order valence-corrected chi connectivity index (χ3v) is 3.65. The third kappa shape index (κ3) is 3.10. The Bertz CT molecular complexity index is 672. The average Bonchev–Trinajstić information content (AvgIpc) is 2.60. The van der Waals surface area contributed by atoms with Gasteiger partial charge in [-0.15, -0.1) is 0 Å². The van der Waals surface area contributed by atoms with Crippen LogP contribution in [0.3, 0.4) is 0 Å². The van der Waals surface area contributed by atoms with E-state index in [0.29, 0.717) is 15.4 Å². The monoisotopic (exact) mass is 359 g/mol. The number of nitrogens with zero attached hydrogens (tertiary/aromatic N) is 3. The Morgan fingerprint density at radius 1 is 1.50 bits per heavy atom. The molecule has 1 aromatic carbocycles. The number of nitro benzene ring substituents is 1. The van der Waals surface area contributed by atoms with Crippen LogP contribution in [0, 0.1) is 17.0 Å². The highest BCUT2D eigenvalue weighted by atomic mass is 79.9. The first-order valence-corrected chi connectivity index (χ1v) is 6.81. The van der Waals surface area contributed by atoms with Crippen LogP contribution in [-0.4, -0.2) is 14.7 Å². The number of hydrogen-bond acceptors (Lipinski definition) is 4. The molecule has 0 radical (unpaired) electrons. The maximum absolute atomic E-state index is 10.8. The molecule has 0 bridgehead atoms. The van der Waals surface area contributed by atoms with Gasteiger partial charge in [-0.3, -0.25) is 14.8 Å². The van der Waals surface area contributed by atoms with E-state index in [9.17, 15) is 10.1 Å². The van der Waals surface area contributed by atoms with Crippen LogP contribution in [0.5, 0.6) is 5.75 Å². The summed E-state index contributed by atoms with van der Waals surface area (Å²) < 4.78 is 7.70. The molecule has 1 aromatic heterocycles. The summed E-state index contributed by atoms with van der Waals surface area (Å²) in [6.45, 7) is 2.03. The van der Waals surface area contributed by atoms with E-state index in [-0.39, 0.29) is 12.3 Å². The minimum atomic E-state index is -0.472. The zero-order valence-electron chi connectivity index (χ0n) is 10.8. The second-order valence-corrected chi connectivity index (χ2v) is 5.44. The Hall–Kier alpha value is -1.60. The summed E-state index contributed by atoms with van der Waals surface area (Å²) in [7, 11) is 1.74. The fourth-order valence-electron chi connectivity index (χ4n) is 1.73. The Morgan fingerprint density at radius 2 is 2.20 bits per heavy atom.